The van der Waals surface area contributed by atoms with E-state index in [1.807, 2.05) is 27.1 Å². The minimum absolute atomic E-state index is 0.225. The monoisotopic (exact) mass is 244 g/mol. The Kier molecular flexibility index (Phi) is 3.41. The Balaban J connectivity index is 2.19. The Morgan fingerprint density at radius 3 is 2.78 bits per heavy atom. The van der Waals surface area contributed by atoms with Crippen LogP contribution in [0.1, 0.15) is 36.1 Å². The number of aromatic nitrogens is 3. The molecule has 0 bridgehead atoms. The Bertz CT molecular complexity index is 545. The van der Waals surface area contributed by atoms with E-state index in [9.17, 15) is 4.79 Å². The van der Waals surface area contributed by atoms with Crippen LogP contribution in [0.3, 0.4) is 0 Å². The first-order valence-electron chi connectivity index (χ1n) is 5.82. The van der Waals surface area contributed by atoms with E-state index in [1.54, 1.807) is 29.1 Å². The highest BCUT2D eigenvalue weighted by Gasteiger charge is 2.15. The van der Waals surface area contributed by atoms with Gasteiger partial charge in [0, 0.05) is 19.4 Å². The van der Waals surface area contributed by atoms with Crippen LogP contribution in [0, 0.1) is 0 Å². The summed E-state index contributed by atoms with van der Waals surface area (Å²) in [6, 6.07) is 3.56. The first-order valence-corrected chi connectivity index (χ1v) is 5.82. The van der Waals surface area contributed by atoms with Gasteiger partial charge >= 0.3 is 0 Å². The minimum Gasteiger partial charge on any atom is -0.330 e. The van der Waals surface area contributed by atoms with E-state index in [1.165, 1.54) is 0 Å². The van der Waals surface area contributed by atoms with Gasteiger partial charge in [-0.1, -0.05) is 13.8 Å². The average Bonchev–Trinajstić information content (AvgIpc) is 2.73. The molecule has 1 amide bonds. The maximum atomic E-state index is 12.0. The van der Waals surface area contributed by atoms with Crippen LogP contribution in [0.15, 0.2) is 30.7 Å². The van der Waals surface area contributed by atoms with Crippen LogP contribution >= 0.6 is 0 Å². The number of nitrogens with zero attached hydrogens (tertiary/aromatic N) is 3. The molecule has 0 saturated carbocycles. The van der Waals surface area contributed by atoms with Crippen molar-refractivity contribution in [3.63, 3.8) is 0 Å². The van der Waals surface area contributed by atoms with Crippen molar-refractivity contribution in [2.24, 2.45) is 7.05 Å². The zero-order valence-electron chi connectivity index (χ0n) is 10.7. The Hall–Kier alpha value is -2.17. The fourth-order valence-electron chi connectivity index (χ4n) is 1.60. The van der Waals surface area contributed by atoms with Crippen LogP contribution in [0.5, 0.6) is 0 Å². The fourth-order valence-corrected chi connectivity index (χ4v) is 1.60. The van der Waals surface area contributed by atoms with Crippen LogP contribution in [-0.2, 0) is 7.05 Å². The minimum atomic E-state index is -0.225. The van der Waals surface area contributed by atoms with Crippen LogP contribution < -0.4 is 5.32 Å². The second-order valence-corrected chi connectivity index (χ2v) is 4.45. The van der Waals surface area contributed by atoms with Gasteiger partial charge in [-0.2, -0.15) is 0 Å². The lowest BCUT2D eigenvalue weighted by atomic mass is 10.2. The molecule has 18 heavy (non-hydrogen) atoms. The molecule has 0 saturated heterocycles. The van der Waals surface area contributed by atoms with Crippen molar-refractivity contribution in [2.45, 2.75) is 19.8 Å². The molecule has 0 radical (unpaired) electrons. The number of pyridine rings is 1. The maximum Gasteiger partial charge on any atom is 0.291 e. The second kappa shape index (κ2) is 5.00. The van der Waals surface area contributed by atoms with Gasteiger partial charge in [0.15, 0.2) is 5.82 Å². The van der Waals surface area contributed by atoms with Crippen molar-refractivity contribution < 1.29 is 4.79 Å². The highest BCUT2D eigenvalue weighted by Crippen LogP contribution is 2.14. The molecule has 5 heteroatoms. The van der Waals surface area contributed by atoms with Gasteiger partial charge in [-0.3, -0.25) is 9.78 Å². The lowest BCUT2D eigenvalue weighted by molar-refractivity contribution is 0.101. The van der Waals surface area contributed by atoms with Crippen molar-refractivity contribution >= 4 is 11.6 Å². The van der Waals surface area contributed by atoms with Crippen LogP contribution in [0.2, 0.25) is 0 Å². The summed E-state index contributed by atoms with van der Waals surface area (Å²) >= 11 is 0. The summed E-state index contributed by atoms with van der Waals surface area (Å²) in [6.07, 6.45) is 5.14. The SMILES string of the molecule is CC(C)c1cn(C)c(C(=O)Nc2cccnc2)n1. The number of amides is 1. The number of imidazole rings is 1. The number of hydrogen-bond acceptors (Lipinski definition) is 3. The number of aryl methyl sites for hydroxylation is 1. The van der Waals surface area contributed by atoms with Gasteiger partial charge in [-0.15, -0.1) is 0 Å². The van der Waals surface area contributed by atoms with E-state index in [-0.39, 0.29) is 5.91 Å². The molecule has 0 aromatic carbocycles. The highest BCUT2D eigenvalue weighted by atomic mass is 16.2. The van der Waals surface area contributed by atoms with E-state index < -0.39 is 0 Å². The average molecular weight is 244 g/mol. The lowest BCUT2D eigenvalue weighted by Gasteiger charge is -2.03. The number of anilines is 1. The number of hydrogen-bond donors (Lipinski definition) is 1. The number of nitrogens with one attached hydrogen (secondary N) is 1. The first-order chi connectivity index (χ1) is 8.58. The van der Waals surface area contributed by atoms with Gasteiger partial charge in [0.25, 0.3) is 5.91 Å². The molecule has 0 aliphatic heterocycles. The van der Waals surface area contributed by atoms with Crippen molar-refractivity contribution in [2.75, 3.05) is 5.32 Å². The topological polar surface area (TPSA) is 59.8 Å². The third-order valence-corrected chi connectivity index (χ3v) is 2.61. The van der Waals surface area contributed by atoms with E-state index in [2.05, 4.69) is 15.3 Å². The molecule has 2 aromatic rings. The molecular formula is C13H16N4O. The molecule has 0 spiro atoms. The van der Waals surface area contributed by atoms with Gasteiger partial charge in [0.2, 0.25) is 0 Å². The number of rotatable bonds is 3. The Morgan fingerprint density at radius 2 is 2.22 bits per heavy atom. The van der Waals surface area contributed by atoms with Crippen molar-refractivity contribution in [1.82, 2.24) is 14.5 Å². The summed E-state index contributed by atoms with van der Waals surface area (Å²) in [4.78, 5) is 20.3. The molecule has 0 unspecified atom stereocenters. The predicted octanol–water partition coefficient (Wildman–Crippen LogP) is 2.19. The molecule has 0 aliphatic carbocycles. The van der Waals surface area contributed by atoms with Crippen LogP contribution in [0.25, 0.3) is 0 Å². The van der Waals surface area contributed by atoms with Crippen molar-refractivity contribution in [3.8, 4) is 0 Å². The molecule has 2 rings (SSSR count). The summed E-state index contributed by atoms with van der Waals surface area (Å²) in [5.41, 5.74) is 1.57. The molecule has 94 valence electrons. The normalized spacial score (nSPS) is 10.7. The summed E-state index contributed by atoms with van der Waals surface area (Å²) in [5.74, 6) is 0.482. The Labute approximate surface area is 106 Å². The van der Waals surface area contributed by atoms with Crippen LogP contribution in [-0.4, -0.2) is 20.4 Å². The summed E-state index contributed by atoms with van der Waals surface area (Å²) < 4.78 is 1.74. The van der Waals surface area contributed by atoms with Gasteiger partial charge in [0.05, 0.1) is 17.6 Å². The number of carbonyl (C=O) groups excluding carboxylic acids is 1. The fraction of sp³-hybridized carbons (Fsp3) is 0.308. The van der Waals surface area contributed by atoms with E-state index in [0.29, 0.717) is 17.4 Å². The first kappa shape index (κ1) is 12.3. The third-order valence-electron chi connectivity index (χ3n) is 2.61. The number of carbonyl (C=O) groups is 1. The van der Waals surface area contributed by atoms with Gasteiger partial charge in [0.1, 0.15) is 0 Å². The smallest absolute Gasteiger partial charge is 0.291 e. The zero-order valence-corrected chi connectivity index (χ0v) is 10.7. The van der Waals surface area contributed by atoms with E-state index >= 15 is 0 Å². The molecule has 1 N–H and O–H groups in total. The largest absolute Gasteiger partial charge is 0.330 e. The highest BCUT2D eigenvalue weighted by molar-refractivity contribution is 6.01. The Morgan fingerprint density at radius 1 is 1.44 bits per heavy atom. The van der Waals surface area contributed by atoms with Gasteiger partial charge in [-0.25, -0.2) is 4.98 Å². The molecule has 0 atom stereocenters. The van der Waals surface area contributed by atoms with Crippen molar-refractivity contribution in [3.05, 3.63) is 42.2 Å². The van der Waals surface area contributed by atoms with Crippen LogP contribution in [0.4, 0.5) is 5.69 Å². The predicted molar refractivity (Wildman–Crippen MR) is 69.5 cm³/mol. The summed E-state index contributed by atoms with van der Waals surface area (Å²) in [7, 11) is 1.82. The van der Waals surface area contributed by atoms with Gasteiger partial charge in [-0.05, 0) is 18.1 Å². The molecule has 2 heterocycles. The molecule has 2 aromatic heterocycles. The second-order valence-electron chi connectivity index (χ2n) is 4.45. The zero-order chi connectivity index (χ0) is 13.1. The van der Waals surface area contributed by atoms with Gasteiger partial charge < -0.3 is 9.88 Å². The molecule has 0 fully saturated rings. The maximum absolute atomic E-state index is 12.0. The third kappa shape index (κ3) is 2.56. The van der Waals surface area contributed by atoms with Crippen molar-refractivity contribution in [1.29, 1.82) is 0 Å². The lowest BCUT2D eigenvalue weighted by Crippen LogP contribution is -2.16. The quantitative estimate of drug-likeness (QED) is 0.900. The summed E-state index contributed by atoms with van der Waals surface area (Å²) in [6.45, 7) is 4.09. The molecular weight excluding hydrogens is 228 g/mol. The van der Waals surface area contributed by atoms with E-state index in [4.69, 9.17) is 0 Å². The molecule has 0 aliphatic rings. The standard InChI is InChI=1S/C13H16N4O/c1-9(2)11-8-17(3)12(16-11)13(18)15-10-5-4-6-14-7-10/h4-9H,1-3H3,(H,15,18). The summed E-state index contributed by atoms with van der Waals surface area (Å²) in [5, 5.41) is 2.77. The molecule has 5 nitrogen and oxygen atoms in total. The van der Waals surface area contributed by atoms with E-state index in [0.717, 1.165) is 5.69 Å².